The quantitative estimate of drug-likeness (QED) is 0.727. The van der Waals surface area contributed by atoms with Gasteiger partial charge in [0.2, 0.25) is 0 Å². The molecule has 0 spiro atoms. The van der Waals surface area contributed by atoms with Crippen LogP contribution in [-0.4, -0.2) is 44.8 Å². The predicted molar refractivity (Wildman–Crippen MR) is 70.6 cm³/mol. The second-order valence-corrected chi connectivity index (χ2v) is 4.29. The summed E-state index contributed by atoms with van der Waals surface area (Å²) < 4.78 is 15.4. The smallest absolute Gasteiger partial charge is 0.183 e. The van der Waals surface area contributed by atoms with Gasteiger partial charge in [-0.15, -0.1) is 11.6 Å². The molecule has 0 aromatic carbocycles. The van der Waals surface area contributed by atoms with E-state index in [9.17, 15) is 0 Å². The van der Waals surface area contributed by atoms with Gasteiger partial charge in [0.05, 0.1) is 31.9 Å². The van der Waals surface area contributed by atoms with E-state index >= 15 is 0 Å². The minimum Gasteiger partial charge on any atom is -0.493 e. The Balaban J connectivity index is 2.56. The summed E-state index contributed by atoms with van der Waals surface area (Å²) in [5.41, 5.74) is 0.790. The summed E-state index contributed by atoms with van der Waals surface area (Å²) in [4.78, 5) is 4.26. The number of halogens is 1. The van der Waals surface area contributed by atoms with E-state index in [2.05, 4.69) is 10.3 Å². The normalized spacial score (nSPS) is 12.2. The molecular formula is C12H19ClN2O3. The minimum absolute atomic E-state index is 0.0633. The number of aromatic nitrogens is 1. The fourth-order valence-corrected chi connectivity index (χ4v) is 1.80. The van der Waals surface area contributed by atoms with Crippen LogP contribution in [0.15, 0.2) is 12.3 Å². The largest absolute Gasteiger partial charge is 0.493 e. The van der Waals surface area contributed by atoms with E-state index in [4.69, 9.17) is 25.8 Å². The first-order chi connectivity index (χ1) is 8.72. The Morgan fingerprint density at radius 1 is 1.33 bits per heavy atom. The van der Waals surface area contributed by atoms with Crippen molar-refractivity contribution in [3.63, 3.8) is 0 Å². The van der Waals surface area contributed by atoms with Crippen molar-refractivity contribution in [3.05, 3.63) is 18.0 Å². The summed E-state index contributed by atoms with van der Waals surface area (Å²) in [6.45, 7) is 1.71. The number of nitrogens with one attached hydrogen (secondary N) is 1. The third-order valence-electron chi connectivity index (χ3n) is 2.37. The van der Waals surface area contributed by atoms with Gasteiger partial charge in [0, 0.05) is 32.5 Å². The molecule has 1 unspecified atom stereocenters. The zero-order valence-electron chi connectivity index (χ0n) is 10.9. The first-order valence-corrected chi connectivity index (χ1v) is 6.06. The monoisotopic (exact) mass is 274 g/mol. The van der Waals surface area contributed by atoms with Crippen LogP contribution in [0.3, 0.4) is 0 Å². The molecule has 0 aliphatic carbocycles. The highest BCUT2D eigenvalue weighted by Gasteiger charge is 2.11. The Kier molecular flexibility index (Phi) is 6.78. The molecule has 0 saturated heterocycles. The molecule has 1 heterocycles. The van der Waals surface area contributed by atoms with Crippen molar-refractivity contribution >= 4 is 11.6 Å². The molecule has 1 atom stereocenters. The highest BCUT2D eigenvalue weighted by atomic mass is 35.5. The van der Waals surface area contributed by atoms with Crippen LogP contribution in [0.25, 0.3) is 0 Å². The van der Waals surface area contributed by atoms with Crippen LogP contribution < -0.4 is 14.8 Å². The summed E-state index contributed by atoms with van der Waals surface area (Å²) in [5, 5.41) is 3.14. The maximum atomic E-state index is 6.02. The van der Waals surface area contributed by atoms with E-state index in [1.54, 1.807) is 33.6 Å². The van der Waals surface area contributed by atoms with Crippen molar-refractivity contribution in [1.29, 1.82) is 0 Å². The number of rotatable bonds is 8. The highest BCUT2D eigenvalue weighted by molar-refractivity contribution is 6.20. The molecule has 5 nitrogen and oxygen atoms in total. The van der Waals surface area contributed by atoms with Crippen LogP contribution >= 0.6 is 11.6 Å². The van der Waals surface area contributed by atoms with Gasteiger partial charge in [0.15, 0.2) is 11.5 Å². The van der Waals surface area contributed by atoms with E-state index in [1.807, 2.05) is 0 Å². The van der Waals surface area contributed by atoms with E-state index in [1.165, 1.54) is 0 Å². The van der Waals surface area contributed by atoms with Crippen LogP contribution in [-0.2, 0) is 11.3 Å². The second-order valence-electron chi connectivity index (χ2n) is 3.68. The van der Waals surface area contributed by atoms with Gasteiger partial charge in [0.25, 0.3) is 0 Å². The van der Waals surface area contributed by atoms with Crippen molar-refractivity contribution in [2.75, 3.05) is 34.5 Å². The molecule has 18 heavy (non-hydrogen) atoms. The number of methoxy groups -OCH3 is 3. The average molecular weight is 275 g/mol. The van der Waals surface area contributed by atoms with Gasteiger partial charge in [-0.2, -0.15) is 0 Å². The Hall–Kier alpha value is -1.04. The molecule has 102 valence electrons. The molecule has 0 aliphatic rings. The molecule has 0 saturated carbocycles. The Bertz CT molecular complexity index is 363. The topological polar surface area (TPSA) is 52.6 Å². The fourth-order valence-electron chi connectivity index (χ4n) is 1.56. The van der Waals surface area contributed by atoms with Crippen molar-refractivity contribution in [3.8, 4) is 11.5 Å². The summed E-state index contributed by atoms with van der Waals surface area (Å²) in [7, 11) is 4.82. The molecule has 0 amide bonds. The Labute approximate surface area is 112 Å². The van der Waals surface area contributed by atoms with Crippen molar-refractivity contribution in [2.45, 2.75) is 11.9 Å². The molecule has 1 aromatic heterocycles. The van der Waals surface area contributed by atoms with Crippen molar-refractivity contribution < 1.29 is 14.2 Å². The lowest BCUT2D eigenvalue weighted by atomic mass is 10.3. The molecule has 1 rings (SSSR count). The molecule has 0 radical (unpaired) electrons. The average Bonchev–Trinajstić information content (AvgIpc) is 2.38. The van der Waals surface area contributed by atoms with Crippen LogP contribution in [0.5, 0.6) is 11.5 Å². The number of alkyl halides is 1. The Morgan fingerprint density at radius 2 is 2.11 bits per heavy atom. The minimum atomic E-state index is -0.0633. The fraction of sp³-hybridized carbons (Fsp3) is 0.583. The SMILES string of the molecule is COCC(Cl)CNCc1nccc(OC)c1OC. The molecule has 1 N–H and O–H groups in total. The third-order valence-corrected chi connectivity index (χ3v) is 2.65. The number of hydrogen-bond acceptors (Lipinski definition) is 5. The molecule has 0 fully saturated rings. The standard InChI is InChI=1S/C12H19ClN2O3/c1-16-8-9(13)6-14-7-10-12(18-3)11(17-2)4-5-15-10/h4-5,9,14H,6-8H2,1-3H3. The van der Waals surface area contributed by atoms with Gasteiger partial charge in [-0.3, -0.25) is 4.98 Å². The van der Waals surface area contributed by atoms with E-state index in [0.717, 1.165) is 5.69 Å². The summed E-state index contributed by atoms with van der Waals surface area (Å²) in [6.07, 6.45) is 1.69. The molecule has 6 heteroatoms. The van der Waals surface area contributed by atoms with Gasteiger partial charge in [-0.25, -0.2) is 0 Å². The van der Waals surface area contributed by atoms with Crippen LogP contribution in [0.1, 0.15) is 5.69 Å². The summed E-state index contributed by atoms with van der Waals surface area (Å²) in [6, 6.07) is 1.76. The maximum absolute atomic E-state index is 6.02. The summed E-state index contributed by atoms with van der Waals surface area (Å²) in [5.74, 6) is 1.31. The lowest BCUT2D eigenvalue weighted by Crippen LogP contribution is -2.26. The molecule has 0 aliphatic heterocycles. The van der Waals surface area contributed by atoms with Gasteiger partial charge < -0.3 is 19.5 Å². The molecule has 0 bridgehead atoms. The van der Waals surface area contributed by atoms with E-state index < -0.39 is 0 Å². The first kappa shape index (κ1) is 15.0. The van der Waals surface area contributed by atoms with Crippen LogP contribution in [0.2, 0.25) is 0 Å². The van der Waals surface area contributed by atoms with Gasteiger partial charge >= 0.3 is 0 Å². The predicted octanol–water partition coefficient (Wildman–Crippen LogP) is 1.44. The van der Waals surface area contributed by atoms with Crippen LogP contribution in [0.4, 0.5) is 0 Å². The van der Waals surface area contributed by atoms with Crippen LogP contribution in [0, 0.1) is 0 Å². The van der Waals surface area contributed by atoms with E-state index in [-0.39, 0.29) is 5.38 Å². The second kappa shape index (κ2) is 8.13. The number of pyridine rings is 1. The zero-order chi connectivity index (χ0) is 13.4. The third kappa shape index (κ3) is 4.33. The van der Waals surface area contributed by atoms with Crippen molar-refractivity contribution in [2.24, 2.45) is 0 Å². The lowest BCUT2D eigenvalue weighted by molar-refractivity contribution is 0.196. The van der Waals surface area contributed by atoms with Gasteiger partial charge in [0.1, 0.15) is 0 Å². The molecule has 1 aromatic rings. The van der Waals surface area contributed by atoms with Gasteiger partial charge in [-0.1, -0.05) is 0 Å². The zero-order valence-corrected chi connectivity index (χ0v) is 11.7. The summed E-state index contributed by atoms with van der Waals surface area (Å²) >= 11 is 6.02. The van der Waals surface area contributed by atoms with Gasteiger partial charge in [-0.05, 0) is 0 Å². The Morgan fingerprint density at radius 3 is 2.72 bits per heavy atom. The number of nitrogens with zero attached hydrogens (tertiary/aromatic N) is 1. The van der Waals surface area contributed by atoms with Crippen molar-refractivity contribution in [1.82, 2.24) is 10.3 Å². The first-order valence-electron chi connectivity index (χ1n) is 5.62. The molecular weight excluding hydrogens is 256 g/mol. The lowest BCUT2D eigenvalue weighted by Gasteiger charge is -2.13. The number of hydrogen-bond donors (Lipinski definition) is 1. The number of ether oxygens (including phenoxy) is 3. The highest BCUT2D eigenvalue weighted by Crippen LogP contribution is 2.28. The van der Waals surface area contributed by atoms with E-state index in [0.29, 0.717) is 31.2 Å². The maximum Gasteiger partial charge on any atom is 0.183 e.